The molecule has 0 radical (unpaired) electrons. The lowest BCUT2D eigenvalue weighted by Crippen LogP contribution is -2.45. The van der Waals surface area contributed by atoms with Gasteiger partial charge in [0, 0.05) is 26.1 Å². The van der Waals surface area contributed by atoms with Crippen LogP contribution in [0.1, 0.15) is 39.5 Å². The number of aromatic nitrogens is 1. The number of hydrogen-bond donors (Lipinski definition) is 1. The number of sulfonamides is 1. The highest BCUT2D eigenvalue weighted by atomic mass is 32.2. The Bertz CT molecular complexity index is 855. The van der Waals surface area contributed by atoms with Crippen molar-refractivity contribution in [3.05, 3.63) is 24.1 Å². The van der Waals surface area contributed by atoms with E-state index < -0.39 is 10.0 Å². The van der Waals surface area contributed by atoms with Crippen LogP contribution in [0.2, 0.25) is 0 Å². The summed E-state index contributed by atoms with van der Waals surface area (Å²) in [5.74, 6) is 0.610. The van der Waals surface area contributed by atoms with E-state index in [-0.39, 0.29) is 17.1 Å². The molecule has 1 aliphatic heterocycles. The van der Waals surface area contributed by atoms with E-state index in [0.29, 0.717) is 30.0 Å². The van der Waals surface area contributed by atoms with E-state index in [1.165, 1.54) is 0 Å². The van der Waals surface area contributed by atoms with Gasteiger partial charge in [-0.15, -0.1) is 0 Å². The Morgan fingerprint density at radius 1 is 1.22 bits per heavy atom. The predicted molar refractivity (Wildman–Crippen MR) is 104 cm³/mol. The van der Waals surface area contributed by atoms with Crippen molar-refractivity contribution in [1.29, 1.82) is 0 Å². The van der Waals surface area contributed by atoms with Crippen molar-refractivity contribution < 1.29 is 17.6 Å². The van der Waals surface area contributed by atoms with Crippen molar-refractivity contribution in [2.45, 2.75) is 57.1 Å². The molecule has 27 heavy (non-hydrogen) atoms. The van der Waals surface area contributed by atoms with Gasteiger partial charge in [-0.25, -0.2) is 18.1 Å². The quantitative estimate of drug-likeness (QED) is 0.692. The van der Waals surface area contributed by atoms with Crippen molar-refractivity contribution in [1.82, 2.24) is 14.6 Å². The molecule has 1 aromatic carbocycles. The molecule has 0 aliphatic carbocycles. The first kappa shape index (κ1) is 20.3. The van der Waals surface area contributed by atoms with Gasteiger partial charge in [0.25, 0.3) is 0 Å². The Hall–Kier alpha value is -1.48. The van der Waals surface area contributed by atoms with Crippen LogP contribution in [-0.4, -0.2) is 56.7 Å². The Morgan fingerprint density at radius 2 is 1.96 bits per heavy atom. The fourth-order valence-electron chi connectivity index (χ4n) is 3.49. The van der Waals surface area contributed by atoms with Crippen LogP contribution in [0.5, 0.6) is 0 Å². The maximum Gasteiger partial charge on any atom is 0.240 e. The van der Waals surface area contributed by atoms with Crippen LogP contribution >= 0.6 is 0 Å². The number of aryl methyl sites for hydroxylation is 1. The topological polar surface area (TPSA) is 84.7 Å². The van der Waals surface area contributed by atoms with Crippen LogP contribution in [-0.2, 0) is 21.2 Å². The molecular formula is C19H29N3O4S. The summed E-state index contributed by atoms with van der Waals surface area (Å²) in [5, 5.41) is 0. The van der Waals surface area contributed by atoms with Crippen LogP contribution < -0.4 is 4.72 Å². The molecule has 1 saturated heterocycles. The van der Waals surface area contributed by atoms with Crippen LogP contribution in [0.4, 0.5) is 0 Å². The lowest BCUT2D eigenvalue weighted by Gasteiger charge is -2.35. The van der Waals surface area contributed by atoms with E-state index in [9.17, 15) is 8.42 Å². The number of ether oxygens (including phenoxy) is 1. The van der Waals surface area contributed by atoms with Crippen molar-refractivity contribution in [2.75, 3.05) is 26.2 Å². The van der Waals surface area contributed by atoms with Gasteiger partial charge in [0.15, 0.2) is 11.5 Å². The van der Waals surface area contributed by atoms with E-state index in [2.05, 4.69) is 28.5 Å². The van der Waals surface area contributed by atoms with E-state index >= 15 is 0 Å². The van der Waals surface area contributed by atoms with Gasteiger partial charge in [0.1, 0.15) is 5.52 Å². The molecule has 1 N–H and O–H groups in total. The van der Waals surface area contributed by atoms with Crippen molar-refractivity contribution in [3.8, 4) is 0 Å². The van der Waals surface area contributed by atoms with Gasteiger partial charge in [-0.2, -0.15) is 0 Å². The Morgan fingerprint density at radius 3 is 2.67 bits per heavy atom. The number of fused-ring (bicyclic) bond motifs is 1. The molecule has 1 fully saturated rings. The SMILES string of the molecule is CCc1nc2cc(S(=O)(=O)NCCCCN3CC(C)OC(C)C3)ccc2o1. The standard InChI is InChI=1S/C19H29N3O4S/c1-4-19-21-17-11-16(7-8-18(17)26-19)27(23,24)20-9-5-6-10-22-12-14(2)25-15(3)13-22/h7-8,11,14-15,20H,4-6,9-10,12-13H2,1-3H3. The summed E-state index contributed by atoms with van der Waals surface area (Å²) in [4.78, 5) is 6.91. The first-order valence-corrected chi connectivity index (χ1v) is 11.1. The van der Waals surface area contributed by atoms with Crippen molar-refractivity contribution in [3.63, 3.8) is 0 Å². The third kappa shape index (κ3) is 5.28. The number of oxazole rings is 1. The third-order valence-electron chi connectivity index (χ3n) is 4.70. The number of nitrogens with zero attached hydrogens (tertiary/aromatic N) is 2. The van der Waals surface area contributed by atoms with Crippen LogP contribution in [0.15, 0.2) is 27.5 Å². The van der Waals surface area contributed by atoms with Gasteiger partial charge < -0.3 is 9.15 Å². The highest BCUT2D eigenvalue weighted by Gasteiger charge is 2.21. The molecule has 7 nitrogen and oxygen atoms in total. The zero-order valence-corrected chi connectivity index (χ0v) is 17.1. The summed E-state index contributed by atoms with van der Waals surface area (Å²) < 4.78 is 39.0. The van der Waals surface area contributed by atoms with E-state index in [0.717, 1.165) is 32.5 Å². The molecule has 0 spiro atoms. The number of nitrogens with one attached hydrogen (secondary N) is 1. The molecule has 150 valence electrons. The molecule has 2 heterocycles. The van der Waals surface area contributed by atoms with Gasteiger partial charge in [0.2, 0.25) is 10.0 Å². The van der Waals surface area contributed by atoms with E-state index in [4.69, 9.17) is 9.15 Å². The summed E-state index contributed by atoms with van der Waals surface area (Å²) in [7, 11) is -3.54. The minimum absolute atomic E-state index is 0.224. The van der Waals surface area contributed by atoms with Crippen LogP contribution in [0.25, 0.3) is 11.1 Å². The molecule has 0 amide bonds. The monoisotopic (exact) mass is 395 g/mol. The minimum atomic E-state index is -3.54. The predicted octanol–water partition coefficient (Wildman–Crippen LogP) is 2.56. The highest BCUT2D eigenvalue weighted by molar-refractivity contribution is 7.89. The van der Waals surface area contributed by atoms with Gasteiger partial charge in [-0.05, 0) is 51.4 Å². The van der Waals surface area contributed by atoms with Crippen LogP contribution in [0.3, 0.4) is 0 Å². The van der Waals surface area contributed by atoms with Gasteiger partial charge >= 0.3 is 0 Å². The zero-order chi connectivity index (χ0) is 19.4. The fourth-order valence-corrected chi connectivity index (χ4v) is 4.58. The lowest BCUT2D eigenvalue weighted by molar-refractivity contribution is -0.0681. The molecule has 2 unspecified atom stereocenters. The largest absolute Gasteiger partial charge is 0.441 e. The lowest BCUT2D eigenvalue weighted by atomic mass is 10.2. The van der Waals surface area contributed by atoms with Crippen LogP contribution in [0, 0.1) is 0 Å². The van der Waals surface area contributed by atoms with Gasteiger partial charge in [0.05, 0.1) is 17.1 Å². The maximum atomic E-state index is 12.5. The Balaban J connectivity index is 1.48. The molecule has 2 atom stereocenters. The molecule has 1 aromatic heterocycles. The molecule has 8 heteroatoms. The highest BCUT2D eigenvalue weighted by Crippen LogP contribution is 2.20. The number of rotatable bonds is 8. The number of morpholine rings is 1. The zero-order valence-electron chi connectivity index (χ0n) is 16.3. The first-order valence-electron chi connectivity index (χ1n) is 9.64. The van der Waals surface area contributed by atoms with Crippen molar-refractivity contribution in [2.24, 2.45) is 0 Å². The number of unbranched alkanes of at least 4 members (excludes halogenated alkanes) is 1. The van der Waals surface area contributed by atoms with E-state index in [1.54, 1.807) is 18.2 Å². The molecule has 3 rings (SSSR count). The summed E-state index contributed by atoms with van der Waals surface area (Å²) in [6.07, 6.45) is 2.93. The Labute approximate surface area is 161 Å². The van der Waals surface area contributed by atoms with Crippen molar-refractivity contribution >= 4 is 21.1 Å². The summed E-state index contributed by atoms with van der Waals surface area (Å²) in [6.45, 7) is 9.39. The first-order chi connectivity index (χ1) is 12.9. The molecular weight excluding hydrogens is 366 g/mol. The van der Waals surface area contributed by atoms with Gasteiger partial charge in [-0.1, -0.05) is 6.92 Å². The smallest absolute Gasteiger partial charge is 0.240 e. The number of benzene rings is 1. The number of hydrogen-bond acceptors (Lipinski definition) is 6. The molecule has 1 aliphatic rings. The molecule has 0 saturated carbocycles. The average molecular weight is 396 g/mol. The molecule has 2 aromatic rings. The summed E-state index contributed by atoms with van der Waals surface area (Å²) in [5.41, 5.74) is 1.19. The summed E-state index contributed by atoms with van der Waals surface area (Å²) >= 11 is 0. The van der Waals surface area contributed by atoms with Gasteiger partial charge in [-0.3, -0.25) is 4.90 Å². The average Bonchev–Trinajstić information content (AvgIpc) is 3.03. The second kappa shape index (κ2) is 8.68. The maximum absolute atomic E-state index is 12.5. The second-order valence-corrected chi connectivity index (χ2v) is 8.98. The Kier molecular flexibility index (Phi) is 6.52. The second-order valence-electron chi connectivity index (χ2n) is 7.21. The fraction of sp³-hybridized carbons (Fsp3) is 0.632. The molecule has 0 bridgehead atoms. The normalized spacial score (nSPS) is 21.7. The summed E-state index contributed by atoms with van der Waals surface area (Å²) in [6, 6.07) is 4.79. The third-order valence-corrected chi connectivity index (χ3v) is 6.16. The minimum Gasteiger partial charge on any atom is -0.441 e. The van der Waals surface area contributed by atoms with E-state index in [1.807, 2.05) is 6.92 Å².